The minimum Gasteiger partial charge on any atom is -0.444 e. The number of benzene rings is 2. The Hall–Kier alpha value is -3.14. The molecule has 2 aromatic rings. The fourth-order valence-electron chi connectivity index (χ4n) is 3.40. The van der Waals surface area contributed by atoms with E-state index in [1.807, 2.05) is 0 Å². The van der Waals surface area contributed by atoms with Gasteiger partial charge < -0.3 is 30.5 Å². The summed E-state index contributed by atoms with van der Waals surface area (Å²) in [6.45, 7) is 5.32. The summed E-state index contributed by atoms with van der Waals surface area (Å²) in [7, 11) is 0. The minimum atomic E-state index is -1.41. The summed E-state index contributed by atoms with van der Waals surface area (Å²) in [5.74, 6) is -1.35. The van der Waals surface area contributed by atoms with Gasteiger partial charge in [0.15, 0.2) is 0 Å². The van der Waals surface area contributed by atoms with Gasteiger partial charge in [-0.25, -0.2) is 4.79 Å². The lowest BCUT2D eigenvalue weighted by atomic mass is 10.0. The molecule has 10 heteroatoms. The van der Waals surface area contributed by atoms with Crippen molar-refractivity contribution in [1.82, 2.24) is 10.2 Å². The number of halogens is 1. The van der Waals surface area contributed by atoms with Crippen LogP contribution in [0.25, 0.3) is 0 Å². The van der Waals surface area contributed by atoms with Crippen LogP contribution in [0.2, 0.25) is 5.02 Å². The van der Waals surface area contributed by atoms with Gasteiger partial charge in [0.1, 0.15) is 17.7 Å². The van der Waals surface area contributed by atoms with Crippen molar-refractivity contribution in [2.45, 2.75) is 45.4 Å². The van der Waals surface area contributed by atoms with Crippen LogP contribution in [0, 0.1) is 6.92 Å². The van der Waals surface area contributed by atoms with Crippen molar-refractivity contribution in [1.29, 1.82) is 0 Å². The largest absolute Gasteiger partial charge is 0.444 e. The molecule has 0 spiro atoms. The van der Waals surface area contributed by atoms with Gasteiger partial charge in [-0.05, 0) is 44.9 Å². The fraction of sp³-hybridized carbons (Fsp3) is 0.400. The van der Waals surface area contributed by atoms with Gasteiger partial charge in [0.2, 0.25) is 5.91 Å². The van der Waals surface area contributed by atoms with Gasteiger partial charge in [-0.3, -0.25) is 9.59 Å². The molecule has 0 radical (unpaired) electrons. The maximum Gasteiger partial charge on any atom is 0.408 e. The van der Waals surface area contributed by atoms with E-state index in [1.54, 1.807) is 76.2 Å². The molecule has 0 saturated carbocycles. The number of amides is 3. The SMILES string of the molecule is Cc1cccc(Cl)c1NC(=O)C(c1ccccc1)N(CCO)C(=O)C(CO)NC(=O)OC(C)(C)C. The Morgan fingerprint density at radius 3 is 2.26 bits per heavy atom. The van der Waals surface area contributed by atoms with E-state index in [-0.39, 0.29) is 6.54 Å². The zero-order valence-corrected chi connectivity index (χ0v) is 21.0. The first kappa shape index (κ1) is 28.1. The van der Waals surface area contributed by atoms with E-state index in [9.17, 15) is 24.6 Å². The molecule has 0 heterocycles. The number of anilines is 1. The van der Waals surface area contributed by atoms with E-state index in [4.69, 9.17) is 16.3 Å². The number of ether oxygens (including phenoxy) is 1. The van der Waals surface area contributed by atoms with Crippen LogP contribution in [0.5, 0.6) is 0 Å². The van der Waals surface area contributed by atoms with E-state index < -0.39 is 48.8 Å². The number of hydrogen-bond acceptors (Lipinski definition) is 6. The lowest BCUT2D eigenvalue weighted by Crippen LogP contribution is -2.54. The Bertz CT molecular complexity index is 1010. The monoisotopic (exact) mass is 505 g/mol. The maximum absolute atomic E-state index is 13.5. The number of nitrogens with zero attached hydrogens (tertiary/aromatic N) is 1. The number of aliphatic hydroxyl groups is 2. The fourth-order valence-corrected chi connectivity index (χ4v) is 3.67. The molecular formula is C25H32ClN3O6. The average molecular weight is 506 g/mol. The van der Waals surface area contributed by atoms with E-state index in [0.717, 1.165) is 10.5 Å². The molecule has 2 atom stereocenters. The van der Waals surface area contributed by atoms with Crippen molar-refractivity contribution in [2.75, 3.05) is 25.1 Å². The Morgan fingerprint density at radius 1 is 1.06 bits per heavy atom. The average Bonchev–Trinajstić information content (AvgIpc) is 2.78. The van der Waals surface area contributed by atoms with Crippen LogP contribution in [0.15, 0.2) is 48.5 Å². The molecule has 0 aromatic heterocycles. The number of carbonyl (C=O) groups excluding carboxylic acids is 3. The molecule has 0 aliphatic carbocycles. The molecule has 3 amide bonds. The van der Waals surface area contributed by atoms with Gasteiger partial charge >= 0.3 is 6.09 Å². The topological polar surface area (TPSA) is 128 Å². The van der Waals surface area contributed by atoms with Crippen LogP contribution in [0.4, 0.5) is 10.5 Å². The first-order valence-electron chi connectivity index (χ1n) is 11.1. The molecule has 0 fully saturated rings. The van der Waals surface area contributed by atoms with Crippen molar-refractivity contribution in [3.8, 4) is 0 Å². The third-order valence-electron chi connectivity index (χ3n) is 4.94. The second kappa shape index (κ2) is 12.5. The normalized spacial score (nSPS) is 12.9. The Labute approximate surface area is 210 Å². The van der Waals surface area contributed by atoms with Crippen LogP contribution < -0.4 is 10.6 Å². The minimum absolute atomic E-state index is 0.236. The molecular weight excluding hydrogens is 474 g/mol. The summed E-state index contributed by atoms with van der Waals surface area (Å²) < 4.78 is 5.18. The molecule has 35 heavy (non-hydrogen) atoms. The third-order valence-corrected chi connectivity index (χ3v) is 5.26. The summed E-state index contributed by atoms with van der Waals surface area (Å²) in [4.78, 5) is 40.3. The second-order valence-electron chi connectivity index (χ2n) is 8.87. The lowest BCUT2D eigenvalue weighted by molar-refractivity contribution is -0.142. The zero-order chi connectivity index (χ0) is 26.2. The number of nitrogens with one attached hydrogen (secondary N) is 2. The lowest BCUT2D eigenvalue weighted by Gasteiger charge is -2.33. The molecule has 2 rings (SSSR count). The third kappa shape index (κ3) is 7.95. The Morgan fingerprint density at radius 2 is 1.71 bits per heavy atom. The maximum atomic E-state index is 13.5. The second-order valence-corrected chi connectivity index (χ2v) is 9.28. The highest BCUT2D eigenvalue weighted by atomic mass is 35.5. The van der Waals surface area contributed by atoms with Crippen molar-refractivity contribution in [2.24, 2.45) is 0 Å². The van der Waals surface area contributed by atoms with Crippen LogP contribution in [-0.4, -0.2) is 64.4 Å². The van der Waals surface area contributed by atoms with Gasteiger partial charge in [0, 0.05) is 6.54 Å². The van der Waals surface area contributed by atoms with E-state index >= 15 is 0 Å². The number of hydrogen-bond donors (Lipinski definition) is 4. The molecule has 2 aromatic carbocycles. The molecule has 2 unspecified atom stereocenters. The number of alkyl carbamates (subject to hydrolysis) is 1. The number of aryl methyl sites for hydroxylation is 1. The smallest absolute Gasteiger partial charge is 0.408 e. The quantitative estimate of drug-likeness (QED) is 0.414. The Kier molecular flexibility index (Phi) is 10.1. The summed E-state index contributed by atoms with van der Waals surface area (Å²) in [6, 6.07) is 11.1. The molecule has 4 N–H and O–H groups in total. The van der Waals surface area contributed by atoms with Crippen molar-refractivity contribution >= 4 is 35.2 Å². The van der Waals surface area contributed by atoms with E-state index in [1.165, 1.54) is 0 Å². The van der Waals surface area contributed by atoms with Gasteiger partial charge in [0.05, 0.1) is 23.9 Å². The first-order valence-corrected chi connectivity index (χ1v) is 11.5. The Balaban J connectivity index is 2.43. The van der Waals surface area contributed by atoms with E-state index in [0.29, 0.717) is 16.3 Å². The highest BCUT2D eigenvalue weighted by molar-refractivity contribution is 6.34. The van der Waals surface area contributed by atoms with Gasteiger partial charge in [-0.1, -0.05) is 54.1 Å². The number of aliphatic hydroxyl groups excluding tert-OH is 2. The van der Waals surface area contributed by atoms with Gasteiger partial charge in [-0.2, -0.15) is 0 Å². The highest BCUT2D eigenvalue weighted by Gasteiger charge is 2.36. The number of para-hydroxylation sites is 1. The van der Waals surface area contributed by atoms with Gasteiger partial charge in [0.25, 0.3) is 5.91 Å². The van der Waals surface area contributed by atoms with Crippen molar-refractivity contribution in [3.05, 3.63) is 64.7 Å². The summed E-state index contributed by atoms with van der Waals surface area (Å²) >= 11 is 6.28. The first-order chi connectivity index (χ1) is 16.5. The van der Waals surface area contributed by atoms with Crippen molar-refractivity contribution < 1.29 is 29.3 Å². The standard InChI is InChI=1S/C25H32ClN3O6/c1-16-9-8-12-18(26)20(16)28-22(32)21(17-10-6-5-7-11-17)29(13-14-30)23(33)19(15-31)27-24(34)35-25(2,3)4/h5-12,19,21,30-31H,13-15H2,1-4H3,(H,27,34)(H,28,32). The van der Waals surface area contributed by atoms with Crippen molar-refractivity contribution in [3.63, 3.8) is 0 Å². The van der Waals surface area contributed by atoms with E-state index in [2.05, 4.69) is 10.6 Å². The van der Waals surface area contributed by atoms with Gasteiger partial charge in [-0.15, -0.1) is 0 Å². The zero-order valence-electron chi connectivity index (χ0n) is 20.2. The molecule has 190 valence electrons. The highest BCUT2D eigenvalue weighted by Crippen LogP contribution is 2.29. The molecule has 0 saturated heterocycles. The predicted octanol–water partition coefficient (Wildman–Crippen LogP) is 3.03. The van der Waals surface area contributed by atoms with Crippen LogP contribution in [-0.2, 0) is 14.3 Å². The summed E-state index contributed by atoms with van der Waals surface area (Å²) in [5.41, 5.74) is 0.752. The molecule has 0 bridgehead atoms. The van der Waals surface area contributed by atoms with Crippen LogP contribution in [0.1, 0.15) is 37.9 Å². The molecule has 0 aliphatic rings. The van der Waals surface area contributed by atoms with Crippen LogP contribution >= 0.6 is 11.6 Å². The molecule has 9 nitrogen and oxygen atoms in total. The van der Waals surface area contributed by atoms with Crippen LogP contribution in [0.3, 0.4) is 0 Å². The molecule has 0 aliphatic heterocycles. The predicted molar refractivity (Wildman–Crippen MR) is 133 cm³/mol. The number of carbonyl (C=O) groups is 3. The summed E-state index contributed by atoms with van der Waals surface area (Å²) in [5, 5.41) is 25.0. The number of rotatable bonds is 9. The summed E-state index contributed by atoms with van der Waals surface area (Å²) in [6.07, 6.45) is -0.902.